The van der Waals surface area contributed by atoms with Crippen LogP contribution >= 0.6 is 0 Å². The van der Waals surface area contributed by atoms with E-state index < -0.39 is 35.6 Å². The second-order valence-corrected chi connectivity index (χ2v) is 3.29. The predicted molar refractivity (Wildman–Crippen MR) is 56.0 cm³/mol. The first-order valence-electron chi connectivity index (χ1n) is 4.89. The Morgan fingerprint density at radius 1 is 1.37 bits per heavy atom. The number of halogens is 3. The fourth-order valence-corrected chi connectivity index (χ4v) is 1.27. The molecule has 0 saturated heterocycles. The van der Waals surface area contributed by atoms with Crippen molar-refractivity contribution in [3.05, 3.63) is 22.0 Å². The normalized spacial score (nSPS) is 11.0. The first-order valence-corrected chi connectivity index (χ1v) is 4.89. The Kier molecular flexibility index (Phi) is 4.41. The predicted octanol–water partition coefficient (Wildman–Crippen LogP) is 0.998. The number of carbonyl (C=O) groups is 1. The third-order valence-electron chi connectivity index (χ3n) is 2.09. The number of nitrogens with one attached hydrogen (secondary N) is 1. The molecule has 0 bridgehead atoms. The molecule has 1 aromatic heterocycles. The van der Waals surface area contributed by atoms with E-state index in [1.54, 1.807) is 0 Å². The lowest BCUT2D eigenvalue weighted by Gasteiger charge is -2.12. The lowest BCUT2D eigenvalue weighted by atomic mass is 10.2. The molecule has 0 aliphatic rings. The Labute approximate surface area is 105 Å². The molecule has 0 unspecified atom stereocenters. The van der Waals surface area contributed by atoms with Crippen molar-refractivity contribution in [2.75, 3.05) is 14.2 Å². The van der Waals surface area contributed by atoms with Crippen LogP contribution in [0.15, 0.2) is 11.0 Å². The van der Waals surface area contributed by atoms with Gasteiger partial charge in [-0.25, -0.2) is 0 Å². The average molecular weight is 281 g/mol. The molecule has 1 rings (SSSR count). The van der Waals surface area contributed by atoms with Gasteiger partial charge in [0.2, 0.25) is 11.3 Å². The summed E-state index contributed by atoms with van der Waals surface area (Å²) < 4.78 is 49.1. The van der Waals surface area contributed by atoms with E-state index in [-0.39, 0.29) is 5.75 Å². The molecule has 0 aromatic carbocycles. The molecule has 6 nitrogen and oxygen atoms in total. The maximum absolute atomic E-state index is 12.2. The number of pyridine rings is 1. The number of aromatic amines is 1. The summed E-state index contributed by atoms with van der Waals surface area (Å²) in [6, 6.07) is 0. The van der Waals surface area contributed by atoms with E-state index >= 15 is 0 Å². The van der Waals surface area contributed by atoms with Crippen molar-refractivity contribution in [2.45, 2.75) is 12.8 Å². The van der Waals surface area contributed by atoms with Crippen LogP contribution < -0.4 is 14.9 Å². The van der Waals surface area contributed by atoms with Crippen molar-refractivity contribution in [1.82, 2.24) is 4.98 Å². The molecule has 0 radical (unpaired) electrons. The van der Waals surface area contributed by atoms with Gasteiger partial charge < -0.3 is 19.2 Å². The van der Waals surface area contributed by atoms with Crippen LogP contribution in [0.25, 0.3) is 0 Å². The molecule has 0 atom stereocenters. The van der Waals surface area contributed by atoms with Gasteiger partial charge in [0, 0.05) is 0 Å². The summed E-state index contributed by atoms with van der Waals surface area (Å²) in [6.07, 6.45) is -4.76. The quantitative estimate of drug-likeness (QED) is 0.833. The van der Waals surface area contributed by atoms with Crippen LogP contribution in [-0.4, -0.2) is 31.5 Å². The molecular weight excluding hydrogens is 271 g/mol. The second kappa shape index (κ2) is 5.63. The lowest BCUT2D eigenvalue weighted by Crippen LogP contribution is -2.24. The first-order chi connectivity index (χ1) is 8.78. The van der Waals surface area contributed by atoms with E-state index in [0.717, 1.165) is 20.4 Å². The third kappa shape index (κ3) is 3.90. The minimum absolute atomic E-state index is 0.242. The zero-order chi connectivity index (χ0) is 14.6. The van der Waals surface area contributed by atoms with Gasteiger partial charge in [-0.3, -0.25) is 9.59 Å². The SMILES string of the molecule is COC(=O)Cc1c(OC(F)(F)F)[nH]cc(OC)c1=O. The molecule has 1 N–H and O–H groups in total. The Balaban J connectivity index is 3.26. The first kappa shape index (κ1) is 14.9. The molecule has 0 spiro atoms. The fraction of sp³-hybridized carbons (Fsp3) is 0.400. The largest absolute Gasteiger partial charge is 0.574 e. The Morgan fingerprint density at radius 3 is 2.47 bits per heavy atom. The van der Waals surface area contributed by atoms with Crippen LogP contribution in [0.4, 0.5) is 13.2 Å². The van der Waals surface area contributed by atoms with E-state index in [9.17, 15) is 22.8 Å². The number of ether oxygens (including phenoxy) is 3. The highest BCUT2D eigenvalue weighted by molar-refractivity contribution is 5.73. The zero-order valence-electron chi connectivity index (χ0n) is 9.96. The van der Waals surface area contributed by atoms with E-state index in [0.29, 0.717) is 0 Å². The number of hydrogen-bond donors (Lipinski definition) is 1. The molecule has 106 valence electrons. The van der Waals surface area contributed by atoms with Crippen LogP contribution in [0.2, 0.25) is 0 Å². The van der Waals surface area contributed by atoms with Crippen molar-refractivity contribution in [3.8, 4) is 11.6 Å². The monoisotopic (exact) mass is 281 g/mol. The summed E-state index contributed by atoms with van der Waals surface area (Å²) >= 11 is 0. The summed E-state index contributed by atoms with van der Waals surface area (Å²) in [5.41, 5.74) is -1.41. The molecule has 9 heteroatoms. The number of esters is 1. The van der Waals surface area contributed by atoms with Crippen LogP contribution in [0.1, 0.15) is 5.56 Å². The summed E-state index contributed by atoms with van der Waals surface area (Å²) in [4.78, 5) is 25.0. The van der Waals surface area contributed by atoms with Crippen molar-refractivity contribution in [2.24, 2.45) is 0 Å². The molecule has 1 aromatic rings. The third-order valence-corrected chi connectivity index (χ3v) is 2.09. The molecule has 1 heterocycles. The van der Waals surface area contributed by atoms with Crippen LogP contribution in [-0.2, 0) is 16.0 Å². The van der Waals surface area contributed by atoms with Gasteiger partial charge in [0.15, 0.2) is 5.75 Å². The standard InChI is InChI=1S/C10H10F3NO5/c1-17-6-4-14-9(19-10(11,12)13)5(8(6)16)3-7(15)18-2/h4H,3H2,1-2H3,(H,14,16). The van der Waals surface area contributed by atoms with E-state index in [1.807, 2.05) is 0 Å². The summed E-state index contributed by atoms with van der Waals surface area (Å²) in [5, 5.41) is 0. The van der Waals surface area contributed by atoms with E-state index in [4.69, 9.17) is 0 Å². The minimum atomic E-state index is -5.00. The number of methoxy groups -OCH3 is 2. The number of H-pyrrole nitrogens is 1. The van der Waals surface area contributed by atoms with Gasteiger partial charge in [-0.15, -0.1) is 13.2 Å². The van der Waals surface area contributed by atoms with Gasteiger partial charge in [-0.05, 0) is 0 Å². The van der Waals surface area contributed by atoms with Gasteiger partial charge in [-0.2, -0.15) is 0 Å². The highest BCUT2D eigenvalue weighted by atomic mass is 19.4. The molecule has 0 aliphatic heterocycles. The summed E-state index contributed by atoms with van der Waals surface area (Å²) in [7, 11) is 2.21. The van der Waals surface area contributed by atoms with Crippen molar-refractivity contribution < 1.29 is 32.2 Å². The van der Waals surface area contributed by atoms with Crippen molar-refractivity contribution >= 4 is 5.97 Å². The highest BCUT2D eigenvalue weighted by Gasteiger charge is 2.33. The summed E-state index contributed by atoms with van der Waals surface area (Å²) in [5.74, 6) is -2.00. The second-order valence-electron chi connectivity index (χ2n) is 3.29. The smallest absolute Gasteiger partial charge is 0.491 e. The number of rotatable bonds is 4. The Morgan fingerprint density at radius 2 is 2.00 bits per heavy atom. The molecule has 0 amide bonds. The fourth-order valence-electron chi connectivity index (χ4n) is 1.27. The molecule has 0 fully saturated rings. The number of carbonyl (C=O) groups excluding carboxylic acids is 1. The highest BCUT2D eigenvalue weighted by Crippen LogP contribution is 2.24. The number of aromatic nitrogens is 1. The molecule has 19 heavy (non-hydrogen) atoms. The van der Waals surface area contributed by atoms with Gasteiger partial charge in [0.05, 0.1) is 32.4 Å². The minimum Gasteiger partial charge on any atom is -0.491 e. The van der Waals surface area contributed by atoms with Gasteiger partial charge in [0.1, 0.15) is 0 Å². The molecule has 0 aliphatic carbocycles. The van der Waals surface area contributed by atoms with Crippen molar-refractivity contribution in [1.29, 1.82) is 0 Å². The lowest BCUT2D eigenvalue weighted by molar-refractivity contribution is -0.276. The van der Waals surface area contributed by atoms with Crippen LogP contribution in [0.5, 0.6) is 11.6 Å². The zero-order valence-corrected chi connectivity index (χ0v) is 9.96. The molecular formula is C10H10F3NO5. The number of hydrogen-bond acceptors (Lipinski definition) is 5. The Bertz CT molecular complexity index is 523. The Hall–Kier alpha value is -2.19. The van der Waals surface area contributed by atoms with Crippen LogP contribution in [0, 0.1) is 0 Å². The van der Waals surface area contributed by atoms with E-state index in [2.05, 4.69) is 19.2 Å². The van der Waals surface area contributed by atoms with Gasteiger partial charge in [-0.1, -0.05) is 0 Å². The van der Waals surface area contributed by atoms with Gasteiger partial charge in [0.25, 0.3) is 0 Å². The summed E-state index contributed by atoms with van der Waals surface area (Å²) in [6.45, 7) is 0. The topological polar surface area (TPSA) is 77.6 Å². The average Bonchev–Trinajstić information content (AvgIpc) is 2.32. The number of alkyl halides is 3. The van der Waals surface area contributed by atoms with Crippen LogP contribution in [0.3, 0.4) is 0 Å². The van der Waals surface area contributed by atoms with Crippen molar-refractivity contribution in [3.63, 3.8) is 0 Å². The van der Waals surface area contributed by atoms with Gasteiger partial charge >= 0.3 is 12.3 Å². The maximum atomic E-state index is 12.2. The maximum Gasteiger partial charge on any atom is 0.574 e. The van der Waals surface area contributed by atoms with E-state index in [1.165, 1.54) is 0 Å². The molecule has 0 saturated carbocycles.